The lowest BCUT2D eigenvalue weighted by Gasteiger charge is -2.28. The van der Waals surface area contributed by atoms with E-state index >= 15 is 0 Å². The standard InChI is InChI=1S/C14H20F2N2O.ClH/c1-3-14(4-2,9-17)13(19)18-8-10-5-6-11(15)7-12(10)16;/h5-7H,3-4,8-9,17H2,1-2H3,(H,18,19);1H. The van der Waals surface area contributed by atoms with Crippen molar-refractivity contribution in [1.29, 1.82) is 0 Å². The lowest BCUT2D eigenvalue weighted by atomic mass is 9.81. The zero-order valence-corrected chi connectivity index (χ0v) is 12.5. The first-order valence-electron chi connectivity index (χ1n) is 6.41. The average molecular weight is 307 g/mol. The number of benzene rings is 1. The third-order valence-electron chi connectivity index (χ3n) is 3.68. The number of hydrogen-bond donors (Lipinski definition) is 2. The third kappa shape index (κ3) is 4.15. The largest absolute Gasteiger partial charge is 0.351 e. The van der Waals surface area contributed by atoms with Crippen LogP contribution in [0.2, 0.25) is 0 Å². The fourth-order valence-corrected chi connectivity index (χ4v) is 1.98. The summed E-state index contributed by atoms with van der Waals surface area (Å²) in [5.74, 6) is -1.48. The Kier molecular flexibility index (Phi) is 7.68. The van der Waals surface area contributed by atoms with Crippen molar-refractivity contribution in [2.75, 3.05) is 6.54 Å². The summed E-state index contributed by atoms with van der Waals surface area (Å²) in [6, 6.07) is 3.30. The first-order chi connectivity index (χ1) is 8.99. The second-order valence-electron chi connectivity index (χ2n) is 4.61. The molecule has 3 nitrogen and oxygen atoms in total. The van der Waals surface area contributed by atoms with E-state index in [4.69, 9.17) is 5.73 Å². The van der Waals surface area contributed by atoms with Gasteiger partial charge in [0.1, 0.15) is 11.6 Å². The molecule has 114 valence electrons. The van der Waals surface area contributed by atoms with Gasteiger partial charge in [0.2, 0.25) is 5.91 Å². The number of halogens is 3. The van der Waals surface area contributed by atoms with Crippen molar-refractivity contribution in [3.05, 3.63) is 35.4 Å². The average Bonchev–Trinajstić information content (AvgIpc) is 2.40. The van der Waals surface area contributed by atoms with E-state index in [2.05, 4.69) is 5.32 Å². The van der Waals surface area contributed by atoms with Crippen LogP contribution in [-0.2, 0) is 11.3 Å². The van der Waals surface area contributed by atoms with Crippen LogP contribution in [0.25, 0.3) is 0 Å². The number of rotatable bonds is 6. The Labute approximate surface area is 124 Å². The second-order valence-corrected chi connectivity index (χ2v) is 4.61. The molecule has 1 aromatic carbocycles. The summed E-state index contributed by atoms with van der Waals surface area (Å²) in [6.07, 6.45) is 1.25. The normalized spacial score (nSPS) is 10.8. The molecule has 1 amide bonds. The molecular formula is C14H21ClF2N2O. The zero-order valence-electron chi connectivity index (χ0n) is 11.7. The highest BCUT2D eigenvalue weighted by Gasteiger charge is 2.33. The number of nitrogens with two attached hydrogens (primary N) is 1. The summed E-state index contributed by atoms with van der Waals surface area (Å²) < 4.78 is 26.2. The topological polar surface area (TPSA) is 55.1 Å². The van der Waals surface area contributed by atoms with Crippen LogP contribution in [0.3, 0.4) is 0 Å². The molecule has 0 heterocycles. The lowest BCUT2D eigenvalue weighted by Crippen LogP contribution is -2.45. The molecule has 0 aliphatic rings. The molecule has 6 heteroatoms. The number of nitrogens with one attached hydrogen (secondary N) is 1. The molecule has 3 N–H and O–H groups in total. The van der Waals surface area contributed by atoms with Crippen LogP contribution in [0.5, 0.6) is 0 Å². The van der Waals surface area contributed by atoms with E-state index in [0.29, 0.717) is 12.8 Å². The maximum atomic E-state index is 13.4. The SMILES string of the molecule is CCC(CC)(CN)C(=O)NCc1ccc(F)cc1F.Cl. The number of carbonyl (C=O) groups is 1. The molecule has 0 fully saturated rings. The summed E-state index contributed by atoms with van der Waals surface area (Å²) in [5.41, 5.74) is 5.31. The fraction of sp³-hybridized carbons (Fsp3) is 0.500. The number of amides is 1. The molecule has 0 saturated heterocycles. The minimum absolute atomic E-state index is 0. The Morgan fingerprint density at radius 1 is 1.30 bits per heavy atom. The molecular weight excluding hydrogens is 286 g/mol. The zero-order chi connectivity index (χ0) is 14.5. The van der Waals surface area contributed by atoms with Crippen LogP contribution < -0.4 is 11.1 Å². The van der Waals surface area contributed by atoms with Gasteiger partial charge in [-0.2, -0.15) is 0 Å². The summed E-state index contributed by atoms with van der Waals surface area (Å²) >= 11 is 0. The van der Waals surface area contributed by atoms with Crippen molar-refractivity contribution < 1.29 is 13.6 Å². The molecule has 0 saturated carbocycles. The molecule has 1 aromatic rings. The maximum Gasteiger partial charge on any atom is 0.227 e. The van der Waals surface area contributed by atoms with Crippen LogP contribution in [-0.4, -0.2) is 12.5 Å². The molecule has 20 heavy (non-hydrogen) atoms. The fourth-order valence-electron chi connectivity index (χ4n) is 1.98. The Morgan fingerprint density at radius 3 is 2.35 bits per heavy atom. The molecule has 0 bridgehead atoms. The molecule has 0 aliphatic heterocycles. The second kappa shape index (κ2) is 8.17. The van der Waals surface area contributed by atoms with Gasteiger partial charge in [-0.3, -0.25) is 4.79 Å². The number of hydrogen-bond acceptors (Lipinski definition) is 2. The summed E-state index contributed by atoms with van der Waals surface area (Å²) in [5, 5.41) is 2.67. The maximum absolute atomic E-state index is 13.4. The minimum Gasteiger partial charge on any atom is -0.351 e. The van der Waals surface area contributed by atoms with E-state index in [9.17, 15) is 13.6 Å². The van der Waals surface area contributed by atoms with Crippen molar-refractivity contribution in [3.8, 4) is 0 Å². The Bertz CT molecular complexity index is 443. The summed E-state index contributed by atoms with van der Waals surface area (Å²) in [7, 11) is 0. The molecule has 0 unspecified atom stereocenters. The van der Waals surface area contributed by atoms with Gasteiger partial charge in [-0.15, -0.1) is 12.4 Å². The van der Waals surface area contributed by atoms with Gasteiger partial charge in [0.15, 0.2) is 0 Å². The summed E-state index contributed by atoms with van der Waals surface area (Å²) in [6.45, 7) is 4.08. The highest BCUT2D eigenvalue weighted by Crippen LogP contribution is 2.25. The van der Waals surface area contributed by atoms with Gasteiger partial charge in [0.25, 0.3) is 0 Å². The monoisotopic (exact) mass is 306 g/mol. The van der Waals surface area contributed by atoms with E-state index in [1.165, 1.54) is 12.1 Å². The van der Waals surface area contributed by atoms with E-state index < -0.39 is 17.0 Å². The first-order valence-corrected chi connectivity index (χ1v) is 6.41. The van der Waals surface area contributed by atoms with Gasteiger partial charge in [-0.05, 0) is 18.9 Å². The van der Waals surface area contributed by atoms with Crippen LogP contribution in [0.15, 0.2) is 18.2 Å². The van der Waals surface area contributed by atoms with Crippen molar-refractivity contribution in [2.45, 2.75) is 33.2 Å². The Morgan fingerprint density at radius 2 is 1.90 bits per heavy atom. The molecule has 0 atom stereocenters. The number of carbonyl (C=O) groups excluding carboxylic acids is 1. The highest BCUT2D eigenvalue weighted by atomic mass is 35.5. The van der Waals surface area contributed by atoms with Gasteiger partial charge in [0.05, 0.1) is 5.41 Å². The summed E-state index contributed by atoms with van der Waals surface area (Å²) in [4.78, 5) is 12.1. The van der Waals surface area contributed by atoms with Crippen molar-refractivity contribution in [2.24, 2.45) is 11.1 Å². The first kappa shape index (κ1) is 18.8. The van der Waals surface area contributed by atoms with Crippen LogP contribution in [0.4, 0.5) is 8.78 Å². The van der Waals surface area contributed by atoms with Gasteiger partial charge >= 0.3 is 0 Å². The minimum atomic E-state index is -0.661. The van der Waals surface area contributed by atoms with Crippen molar-refractivity contribution in [3.63, 3.8) is 0 Å². The predicted octanol–water partition coefficient (Wildman–Crippen LogP) is 2.77. The van der Waals surface area contributed by atoms with Crippen LogP contribution in [0, 0.1) is 17.0 Å². The van der Waals surface area contributed by atoms with Gasteiger partial charge in [-0.25, -0.2) is 8.78 Å². The smallest absolute Gasteiger partial charge is 0.227 e. The van der Waals surface area contributed by atoms with E-state index in [1.807, 2.05) is 13.8 Å². The van der Waals surface area contributed by atoms with E-state index in [0.717, 1.165) is 6.07 Å². The molecule has 1 rings (SSSR count). The predicted molar refractivity (Wildman–Crippen MR) is 77.5 cm³/mol. The molecule has 0 aromatic heterocycles. The van der Waals surface area contributed by atoms with Gasteiger partial charge in [-0.1, -0.05) is 19.9 Å². The highest BCUT2D eigenvalue weighted by molar-refractivity contribution is 5.85. The van der Waals surface area contributed by atoms with Gasteiger partial charge in [0, 0.05) is 24.7 Å². The molecule has 0 spiro atoms. The molecule has 0 radical (unpaired) electrons. The Balaban J connectivity index is 0.00000361. The van der Waals surface area contributed by atoms with Gasteiger partial charge < -0.3 is 11.1 Å². The van der Waals surface area contributed by atoms with Crippen LogP contribution >= 0.6 is 12.4 Å². The van der Waals surface area contributed by atoms with Crippen molar-refractivity contribution in [1.82, 2.24) is 5.32 Å². The van der Waals surface area contributed by atoms with Crippen molar-refractivity contribution >= 4 is 18.3 Å². The van der Waals surface area contributed by atoms with Crippen LogP contribution in [0.1, 0.15) is 32.3 Å². The molecule has 0 aliphatic carbocycles. The van der Waals surface area contributed by atoms with E-state index in [-0.39, 0.29) is 37.0 Å². The van der Waals surface area contributed by atoms with E-state index in [1.54, 1.807) is 0 Å². The quantitative estimate of drug-likeness (QED) is 0.849. The third-order valence-corrected chi connectivity index (χ3v) is 3.68. The lowest BCUT2D eigenvalue weighted by molar-refractivity contribution is -0.131. The Hall–Kier alpha value is -1.20.